The van der Waals surface area contributed by atoms with E-state index < -0.39 is 30.3 Å². The average molecular weight is 383 g/mol. The Morgan fingerprint density at radius 1 is 1.35 bits per heavy atom. The Kier molecular flexibility index (Phi) is 4.16. The van der Waals surface area contributed by atoms with E-state index in [4.69, 9.17) is 30.6 Å². The van der Waals surface area contributed by atoms with Crippen molar-refractivity contribution in [3.63, 3.8) is 0 Å². The fourth-order valence-corrected chi connectivity index (χ4v) is 3.61. The predicted molar refractivity (Wildman–Crippen MR) is 90.1 cm³/mol. The van der Waals surface area contributed by atoms with Crippen LogP contribution < -0.4 is 0 Å². The van der Waals surface area contributed by atoms with E-state index >= 15 is 0 Å². The molecule has 0 saturated carbocycles. The number of carbonyl (C=O) groups excluding carboxylic acids is 1. The Morgan fingerprint density at radius 3 is 2.81 bits per heavy atom. The highest BCUT2D eigenvalue weighted by atomic mass is 35.5. The molecule has 2 aromatic rings. The molecule has 140 valence electrons. The molecule has 9 nitrogen and oxygen atoms in total. The Balaban J connectivity index is 1.74. The minimum Gasteiger partial charge on any atom is -0.341 e. The van der Waals surface area contributed by atoms with Gasteiger partial charge < -0.3 is 18.8 Å². The van der Waals surface area contributed by atoms with Crippen LogP contribution in [0.4, 0.5) is 0 Å². The van der Waals surface area contributed by atoms with Crippen LogP contribution in [0.15, 0.2) is 18.6 Å². The topological polar surface area (TPSA) is 87.9 Å². The first kappa shape index (κ1) is 17.6. The smallest absolute Gasteiger partial charge is 0.277 e. The molecule has 0 aliphatic carbocycles. The molecule has 2 fully saturated rings. The Labute approximate surface area is 154 Å². The quantitative estimate of drug-likeness (QED) is 0.587. The largest absolute Gasteiger partial charge is 0.341 e. The van der Waals surface area contributed by atoms with Crippen LogP contribution in [-0.2, 0) is 23.8 Å². The molecule has 2 aliphatic heterocycles. The highest BCUT2D eigenvalue weighted by Gasteiger charge is 2.58. The van der Waals surface area contributed by atoms with Crippen LogP contribution in [0.3, 0.4) is 0 Å². The van der Waals surface area contributed by atoms with Gasteiger partial charge in [0, 0.05) is 13.2 Å². The minimum absolute atomic E-state index is 0.346. The third-order valence-corrected chi connectivity index (χ3v) is 4.89. The number of fused-ring (bicyclic) bond motifs is 2. The fourth-order valence-electron chi connectivity index (χ4n) is 3.41. The molecule has 0 aromatic carbocycles. The molecule has 2 aliphatic rings. The molecular weight excluding hydrogens is 364 g/mol. The van der Waals surface area contributed by atoms with Crippen LogP contribution in [0.2, 0.25) is 5.15 Å². The van der Waals surface area contributed by atoms with Gasteiger partial charge in [-0.1, -0.05) is 11.6 Å². The van der Waals surface area contributed by atoms with Crippen LogP contribution >= 0.6 is 11.6 Å². The standard InChI is InChI=1S/C16H19ClN4O5/c1-16(2)25-9-10(14(22)20(3)23-4)24-15(11(9)26-16)21-6-5-8-12(17)18-7-19-13(8)21/h5-7,9-11,15H,1-4H3. The first-order chi connectivity index (χ1) is 12.3. The maximum absolute atomic E-state index is 12.6. The van der Waals surface area contributed by atoms with E-state index in [1.54, 1.807) is 30.7 Å². The number of hydroxylamine groups is 2. The molecular formula is C16H19ClN4O5. The number of halogens is 1. The summed E-state index contributed by atoms with van der Waals surface area (Å²) < 4.78 is 19.8. The summed E-state index contributed by atoms with van der Waals surface area (Å²) in [6.07, 6.45) is 0.624. The number of hydrogen-bond acceptors (Lipinski definition) is 7. The summed E-state index contributed by atoms with van der Waals surface area (Å²) in [7, 11) is 2.93. The van der Waals surface area contributed by atoms with Gasteiger partial charge in [0.15, 0.2) is 18.1 Å². The number of aromatic nitrogens is 3. The number of hydrogen-bond donors (Lipinski definition) is 0. The molecule has 0 N–H and O–H groups in total. The van der Waals surface area contributed by atoms with E-state index in [-0.39, 0.29) is 5.91 Å². The number of nitrogens with zero attached hydrogens (tertiary/aromatic N) is 4. The lowest BCUT2D eigenvalue weighted by molar-refractivity contribution is -0.211. The maximum atomic E-state index is 12.6. The highest BCUT2D eigenvalue weighted by Crippen LogP contribution is 2.44. The second-order valence-corrected chi connectivity index (χ2v) is 7.01. The summed E-state index contributed by atoms with van der Waals surface area (Å²) in [6.45, 7) is 3.60. The van der Waals surface area contributed by atoms with Gasteiger partial charge in [0.25, 0.3) is 5.91 Å². The van der Waals surface area contributed by atoms with Crippen molar-refractivity contribution in [2.24, 2.45) is 0 Å². The van der Waals surface area contributed by atoms with Gasteiger partial charge in [0.1, 0.15) is 29.3 Å². The molecule has 4 unspecified atom stereocenters. The number of likely N-dealkylation sites (N-methyl/N-ethyl adjacent to an activating group) is 1. The third kappa shape index (κ3) is 2.67. The van der Waals surface area contributed by atoms with Crippen molar-refractivity contribution >= 4 is 28.5 Å². The number of carbonyl (C=O) groups is 1. The number of amides is 1. The van der Waals surface area contributed by atoms with Crippen molar-refractivity contribution in [2.75, 3.05) is 14.2 Å². The van der Waals surface area contributed by atoms with Gasteiger partial charge in [-0.25, -0.2) is 15.0 Å². The zero-order valence-corrected chi connectivity index (χ0v) is 15.5. The number of ether oxygens (including phenoxy) is 3. The van der Waals surface area contributed by atoms with Crippen molar-refractivity contribution in [2.45, 2.75) is 44.2 Å². The molecule has 4 heterocycles. The van der Waals surface area contributed by atoms with Gasteiger partial charge >= 0.3 is 0 Å². The lowest BCUT2D eigenvalue weighted by Crippen LogP contribution is -2.43. The lowest BCUT2D eigenvalue weighted by Gasteiger charge is -2.26. The highest BCUT2D eigenvalue weighted by molar-refractivity contribution is 6.33. The van der Waals surface area contributed by atoms with Crippen molar-refractivity contribution in [1.29, 1.82) is 0 Å². The minimum atomic E-state index is -0.869. The van der Waals surface area contributed by atoms with E-state index in [0.717, 1.165) is 5.06 Å². The number of rotatable bonds is 3. The second-order valence-electron chi connectivity index (χ2n) is 6.66. The van der Waals surface area contributed by atoms with E-state index in [1.165, 1.54) is 20.5 Å². The summed E-state index contributed by atoms with van der Waals surface area (Å²) >= 11 is 6.13. The predicted octanol–water partition coefficient (Wildman–Crippen LogP) is 1.52. The zero-order chi connectivity index (χ0) is 18.6. The monoisotopic (exact) mass is 382 g/mol. The summed E-state index contributed by atoms with van der Waals surface area (Å²) in [6, 6.07) is 1.80. The normalized spacial score (nSPS) is 29.9. The van der Waals surface area contributed by atoms with Gasteiger partial charge in [-0.05, 0) is 19.9 Å². The summed E-state index contributed by atoms with van der Waals surface area (Å²) in [5.74, 6) is -1.19. The molecule has 2 aromatic heterocycles. The Morgan fingerprint density at radius 2 is 2.08 bits per heavy atom. The van der Waals surface area contributed by atoms with Gasteiger partial charge in [-0.2, -0.15) is 0 Å². The van der Waals surface area contributed by atoms with Gasteiger partial charge in [-0.15, -0.1) is 0 Å². The van der Waals surface area contributed by atoms with Crippen molar-refractivity contribution in [1.82, 2.24) is 19.6 Å². The molecule has 26 heavy (non-hydrogen) atoms. The van der Waals surface area contributed by atoms with E-state index in [1.807, 2.05) is 0 Å². The third-order valence-electron chi connectivity index (χ3n) is 4.59. The van der Waals surface area contributed by atoms with Gasteiger partial charge in [0.2, 0.25) is 0 Å². The van der Waals surface area contributed by atoms with E-state index in [0.29, 0.717) is 16.2 Å². The summed E-state index contributed by atoms with van der Waals surface area (Å²) in [4.78, 5) is 25.9. The molecule has 2 saturated heterocycles. The van der Waals surface area contributed by atoms with Crippen molar-refractivity contribution < 1.29 is 23.8 Å². The molecule has 4 atom stereocenters. The first-order valence-electron chi connectivity index (χ1n) is 8.12. The average Bonchev–Trinajstić information content (AvgIpc) is 3.24. The zero-order valence-electron chi connectivity index (χ0n) is 14.7. The van der Waals surface area contributed by atoms with Crippen molar-refractivity contribution in [3.05, 3.63) is 23.7 Å². The first-order valence-corrected chi connectivity index (χ1v) is 8.50. The van der Waals surface area contributed by atoms with Gasteiger partial charge in [-0.3, -0.25) is 9.63 Å². The van der Waals surface area contributed by atoms with Crippen molar-refractivity contribution in [3.8, 4) is 0 Å². The molecule has 0 spiro atoms. The van der Waals surface area contributed by atoms with Gasteiger partial charge in [0.05, 0.1) is 12.5 Å². The molecule has 0 radical (unpaired) electrons. The van der Waals surface area contributed by atoms with Crippen LogP contribution in [-0.4, -0.2) is 63.8 Å². The SMILES string of the molecule is CON(C)C(=O)C1OC(n2ccc3c(Cl)ncnc32)C2OC(C)(C)OC12. The Bertz CT molecular complexity index is 856. The van der Waals surface area contributed by atoms with Crippen LogP contribution in [0.1, 0.15) is 20.1 Å². The summed E-state index contributed by atoms with van der Waals surface area (Å²) in [5.41, 5.74) is 0.593. The lowest BCUT2D eigenvalue weighted by atomic mass is 10.1. The van der Waals surface area contributed by atoms with E-state index in [2.05, 4.69) is 9.97 Å². The summed E-state index contributed by atoms with van der Waals surface area (Å²) in [5, 5.41) is 2.15. The van der Waals surface area contributed by atoms with Crippen LogP contribution in [0.5, 0.6) is 0 Å². The van der Waals surface area contributed by atoms with Crippen LogP contribution in [0, 0.1) is 0 Å². The molecule has 10 heteroatoms. The van der Waals surface area contributed by atoms with E-state index in [9.17, 15) is 4.79 Å². The molecule has 0 bridgehead atoms. The fraction of sp³-hybridized carbons (Fsp3) is 0.562. The maximum Gasteiger partial charge on any atom is 0.277 e. The van der Waals surface area contributed by atoms with Crippen LogP contribution in [0.25, 0.3) is 11.0 Å². The second kappa shape index (κ2) is 6.14. The Hall–Kier alpha value is -1.78. The molecule has 1 amide bonds. The molecule has 4 rings (SSSR count).